The minimum Gasteiger partial charge on any atom is -0.494 e. The van der Waals surface area contributed by atoms with E-state index in [2.05, 4.69) is 10.0 Å². The lowest BCUT2D eigenvalue weighted by Gasteiger charge is -2.18. The van der Waals surface area contributed by atoms with Gasteiger partial charge in [0.2, 0.25) is 15.9 Å². The van der Waals surface area contributed by atoms with Crippen LogP contribution in [0.2, 0.25) is 5.02 Å². The lowest BCUT2D eigenvalue weighted by Crippen LogP contribution is -2.27. The molecule has 1 atom stereocenters. The zero-order chi connectivity index (χ0) is 19.9. The lowest BCUT2D eigenvalue weighted by molar-refractivity contribution is -0.121. The van der Waals surface area contributed by atoms with Gasteiger partial charge in [-0.25, -0.2) is 8.42 Å². The summed E-state index contributed by atoms with van der Waals surface area (Å²) < 4.78 is 31.0. The molecule has 0 bridgehead atoms. The fourth-order valence-corrected chi connectivity index (χ4v) is 3.22. The number of carbonyl (C=O) groups excluding carboxylic acids is 1. The van der Waals surface area contributed by atoms with Crippen LogP contribution in [0.15, 0.2) is 48.5 Å². The molecule has 2 N–H and O–H groups in total. The molecule has 6 nitrogen and oxygen atoms in total. The third kappa shape index (κ3) is 7.48. The van der Waals surface area contributed by atoms with Crippen LogP contribution in [0.25, 0.3) is 0 Å². The Morgan fingerprint density at radius 2 is 1.81 bits per heavy atom. The van der Waals surface area contributed by atoms with E-state index in [9.17, 15) is 13.2 Å². The summed E-state index contributed by atoms with van der Waals surface area (Å²) in [6.07, 6.45) is 1.96. The van der Waals surface area contributed by atoms with Gasteiger partial charge in [-0.15, -0.1) is 0 Å². The number of carbonyl (C=O) groups is 1. The van der Waals surface area contributed by atoms with Crippen molar-refractivity contribution in [2.75, 3.05) is 17.6 Å². The maximum atomic E-state index is 12.2. The van der Waals surface area contributed by atoms with E-state index in [0.29, 0.717) is 41.5 Å². The Balaban J connectivity index is 1.82. The minimum atomic E-state index is -3.40. The normalized spacial score (nSPS) is 12.3. The third-order valence-corrected chi connectivity index (χ3v) is 4.57. The van der Waals surface area contributed by atoms with Gasteiger partial charge in [0.15, 0.2) is 0 Å². The largest absolute Gasteiger partial charge is 0.494 e. The number of nitrogens with one attached hydrogen (secondary N) is 2. The summed E-state index contributed by atoms with van der Waals surface area (Å²) in [6, 6.07) is 13.7. The molecule has 0 aromatic heterocycles. The van der Waals surface area contributed by atoms with E-state index in [1.54, 1.807) is 48.5 Å². The molecule has 0 saturated carbocycles. The molecule has 0 saturated heterocycles. The fraction of sp³-hybridized carbons (Fsp3) is 0.316. The first-order valence-corrected chi connectivity index (χ1v) is 10.8. The molecule has 2 aromatic carbocycles. The smallest absolute Gasteiger partial charge is 0.229 e. The Labute approximate surface area is 164 Å². The van der Waals surface area contributed by atoms with Gasteiger partial charge in [-0.3, -0.25) is 9.52 Å². The molecule has 0 aliphatic carbocycles. The first-order valence-electron chi connectivity index (χ1n) is 8.49. The van der Waals surface area contributed by atoms with E-state index in [1.807, 2.05) is 6.92 Å². The number of sulfonamides is 1. The lowest BCUT2D eigenvalue weighted by atomic mass is 10.1. The second-order valence-electron chi connectivity index (χ2n) is 6.16. The Morgan fingerprint density at radius 3 is 2.48 bits per heavy atom. The van der Waals surface area contributed by atoms with Crippen LogP contribution in [-0.4, -0.2) is 27.2 Å². The molecule has 2 aromatic rings. The average Bonchev–Trinajstić information content (AvgIpc) is 2.59. The molecule has 0 spiro atoms. The van der Waals surface area contributed by atoms with Crippen molar-refractivity contribution < 1.29 is 17.9 Å². The van der Waals surface area contributed by atoms with Crippen molar-refractivity contribution >= 4 is 33.2 Å². The van der Waals surface area contributed by atoms with Gasteiger partial charge in [0, 0.05) is 11.4 Å². The molecular formula is C19H23ClN2O4S. The maximum Gasteiger partial charge on any atom is 0.229 e. The second-order valence-corrected chi connectivity index (χ2v) is 8.34. The predicted molar refractivity (Wildman–Crippen MR) is 108 cm³/mol. The number of hydrogen-bond donors (Lipinski definition) is 2. The number of rotatable bonds is 9. The van der Waals surface area contributed by atoms with Crippen molar-refractivity contribution in [3.05, 3.63) is 59.1 Å². The van der Waals surface area contributed by atoms with Crippen molar-refractivity contribution in [2.24, 2.45) is 0 Å². The maximum absolute atomic E-state index is 12.2. The van der Waals surface area contributed by atoms with Crippen molar-refractivity contribution in [2.45, 2.75) is 25.8 Å². The molecule has 0 radical (unpaired) electrons. The number of hydrogen-bond acceptors (Lipinski definition) is 4. The average molecular weight is 411 g/mol. The Kier molecular flexibility index (Phi) is 7.50. The van der Waals surface area contributed by atoms with Crippen molar-refractivity contribution in [1.82, 2.24) is 5.32 Å². The number of ether oxygens (including phenoxy) is 1. The zero-order valence-electron chi connectivity index (χ0n) is 15.2. The van der Waals surface area contributed by atoms with Crippen LogP contribution < -0.4 is 14.8 Å². The Bertz CT molecular complexity index is 870. The summed E-state index contributed by atoms with van der Waals surface area (Å²) in [5, 5.41) is 3.52. The first-order chi connectivity index (χ1) is 12.7. The van der Waals surface area contributed by atoms with Crippen LogP contribution in [0.3, 0.4) is 0 Å². The van der Waals surface area contributed by atoms with Crippen LogP contribution in [0, 0.1) is 0 Å². The summed E-state index contributed by atoms with van der Waals surface area (Å²) in [4.78, 5) is 12.2. The van der Waals surface area contributed by atoms with Crippen LogP contribution in [0.4, 0.5) is 5.69 Å². The number of para-hydroxylation sites is 1. The standard InChI is InChI=1S/C19H23ClN2O4S/c1-14(17-6-3-4-7-18(17)22-27(2,24)25)21-19(23)8-5-13-26-16-11-9-15(20)10-12-16/h3-4,6-7,9-12,14,22H,5,8,13H2,1-2H3,(H,21,23). The molecular weight excluding hydrogens is 388 g/mol. The fourth-order valence-electron chi connectivity index (χ4n) is 2.51. The quantitative estimate of drug-likeness (QED) is 0.616. The second kappa shape index (κ2) is 9.62. The van der Waals surface area contributed by atoms with Crippen LogP contribution in [-0.2, 0) is 14.8 Å². The predicted octanol–water partition coefficient (Wildman–Crippen LogP) is 3.75. The van der Waals surface area contributed by atoms with E-state index in [4.69, 9.17) is 16.3 Å². The van der Waals surface area contributed by atoms with Crippen LogP contribution in [0.1, 0.15) is 31.4 Å². The van der Waals surface area contributed by atoms with Crippen molar-refractivity contribution in [3.63, 3.8) is 0 Å². The molecule has 0 fully saturated rings. The number of amides is 1. The molecule has 27 heavy (non-hydrogen) atoms. The van der Waals surface area contributed by atoms with E-state index >= 15 is 0 Å². The highest BCUT2D eigenvalue weighted by Crippen LogP contribution is 2.23. The number of halogens is 1. The molecule has 0 aliphatic rings. The molecule has 1 amide bonds. The van der Waals surface area contributed by atoms with E-state index in [0.717, 1.165) is 6.26 Å². The zero-order valence-corrected chi connectivity index (χ0v) is 16.8. The van der Waals surface area contributed by atoms with Gasteiger partial charge in [-0.2, -0.15) is 0 Å². The molecule has 0 aliphatic heterocycles. The van der Waals surface area contributed by atoms with Gasteiger partial charge >= 0.3 is 0 Å². The Morgan fingerprint density at radius 1 is 1.15 bits per heavy atom. The topological polar surface area (TPSA) is 84.5 Å². The molecule has 0 heterocycles. The summed E-state index contributed by atoms with van der Waals surface area (Å²) in [7, 11) is -3.40. The van der Waals surface area contributed by atoms with Gasteiger partial charge in [-0.1, -0.05) is 29.8 Å². The Hall–Kier alpha value is -2.25. The summed E-state index contributed by atoms with van der Waals surface area (Å²) in [5.74, 6) is 0.574. The highest BCUT2D eigenvalue weighted by atomic mass is 35.5. The van der Waals surface area contributed by atoms with Gasteiger partial charge in [0.1, 0.15) is 5.75 Å². The minimum absolute atomic E-state index is 0.128. The molecule has 1 unspecified atom stereocenters. The third-order valence-electron chi connectivity index (χ3n) is 3.73. The van der Waals surface area contributed by atoms with Gasteiger partial charge in [0.05, 0.1) is 24.6 Å². The van der Waals surface area contributed by atoms with E-state index < -0.39 is 10.0 Å². The van der Waals surface area contributed by atoms with Gasteiger partial charge in [0.25, 0.3) is 0 Å². The van der Waals surface area contributed by atoms with E-state index in [1.165, 1.54) is 0 Å². The number of benzene rings is 2. The SMILES string of the molecule is CC(NC(=O)CCCOc1ccc(Cl)cc1)c1ccccc1NS(C)(=O)=O. The summed E-state index contributed by atoms with van der Waals surface area (Å²) in [6.45, 7) is 2.22. The molecule has 146 valence electrons. The summed E-state index contributed by atoms with van der Waals surface area (Å²) >= 11 is 5.81. The van der Waals surface area contributed by atoms with Crippen LogP contribution in [0.5, 0.6) is 5.75 Å². The van der Waals surface area contributed by atoms with E-state index in [-0.39, 0.29) is 11.9 Å². The highest BCUT2D eigenvalue weighted by Gasteiger charge is 2.15. The van der Waals surface area contributed by atoms with Gasteiger partial charge in [-0.05, 0) is 49.2 Å². The summed E-state index contributed by atoms with van der Waals surface area (Å²) in [5.41, 5.74) is 1.16. The highest BCUT2D eigenvalue weighted by molar-refractivity contribution is 7.92. The first kappa shape index (κ1) is 21.1. The molecule has 8 heteroatoms. The van der Waals surface area contributed by atoms with Gasteiger partial charge < -0.3 is 10.1 Å². The van der Waals surface area contributed by atoms with Crippen LogP contribution >= 0.6 is 11.6 Å². The molecule has 2 rings (SSSR count). The number of anilines is 1. The van der Waals surface area contributed by atoms with Crippen molar-refractivity contribution in [3.8, 4) is 5.75 Å². The van der Waals surface area contributed by atoms with Crippen molar-refractivity contribution in [1.29, 1.82) is 0 Å². The monoisotopic (exact) mass is 410 g/mol.